The fourth-order valence-electron chi connectivity index (χ4n) is 3.23. The number of fused-ring (bicyclic) bond motifs is 1. The highest BCUT2D eigenvalue weighted by Gasteiger charge is 2.16. The number of sulfone groups is 1. The molecule has 0 saturated carbocycles. The normalized spacial score (nSPS) is 12.3. The number of halogens is 1. The van der Waals surface area contributed by atoms with Crippen molar-refractivity contribution < 1.29 is 27.1 Å². The largest absolute Gasteiger partial charge is 0.465 e. The second kappa shape index (κ2) is 10.4. The number of carbonyl (C=O) groups excluding carboxylic acids is 2. The van der Waals surface area contributed by atoms with Crippen LogP contribution in [-0.4, -0.2) is 37.2 Å². The van der Waals surface area contributed by atoms with Crippen molar-refractivity contribution >= 4 is 43.3 Å². The Morgan fingerprint density at radius 3 is 2.45 bits per heavy atom. The van der Waals surface area contributed by atoms with Gasteiger partial charge in [-0.15, -0.1) is 0 Å². The standard InChI is InChI=1S/C23H25FN2O5S2/c1-4-31-22(28)14-26-19-12-15(2)16(3)13-20(19)32-23(26)25-21(27)6-5-11-33(29,30)18-9-7-17(24)8-10-18/h7-10,12-13H,4-6,11,14H2,1-3H3. The molecule has 0 saturated heterocycles. The van der Waals surface area contributed by atoms with Crippen molar-refractivity contribution in [1.82, 2.24) is 4.57 Å². The Kier molecular flexibility index (Phi) is 7.80. The van der Waals surface area contributed by atoms with E-state index in [0.29, 0.717) is 4.80 Å². The van der Waals surface area contributed by atoms with Crippen molar-refractivity contribution in [2.24, 2.45) is 4.99 Å². The predicted molar refractivity (Wildman–Crippen MR) is 124 cm³/mol. The van der Waals surface area contributed by atoms with E-state index in [9.17, 15) is 22.4 Å². The van der Waals surface area contributed by atoms with Gasteiger partial charge < -0.3 is 9.30 Å². The van der Waals surface area contributed by atoms with Crippen molar-refractivity contribution in [1.29, 1.82) is 0 Å². The first-order valence-electron chi connectivity index (χ1n) is 10.4. The van der Waals surface area contributed by atoms with Crippen LogP contribution in [0.25, 0.3) is 10.2 Å². The fraction of sp³-hybridized carbons (Fsp3) is 0.348. The van der Waals surface area contributed by atoms with E-state index >= 15 is 0 Å². The average molecular weight is 493 g/mol. The van der Waals surface area contributed by atoms with Crippen LogP contribution in [0.15, 0.2) is 46.3 Å². The van der Waals surface area contributed by atoms with E-state index in [-0.39, 0.29) is 36.6 Å². The first kappa shape index (κ1) is 24.8. The number of thiazole rings is 1. The molecule has 0 bridgehead atoms. The molecule has 1 aromatic heterocycles. The van der Waals surface area contributed by atoms with Gasteiger partial charge in [0.25, 0.3) is 0 Å². The molecule has 0 aliphatic carbocycles. The number of benzene rings is 2. The zero-order valence-electron chi connectivity index (χ0n) is 18.6. The summed E-state index contributed by atoms with van der Waals surface area (Å²) in [5, 5.41) is 0. The van der Waals surface area contributed by atoms with E-state index in [1.54, 1.807) is 11.5 Å². The summed E-state index contributed by atoms with van der Waals surface area (Å²) in [5.41, 5.74) is 2.90. The van der Waals surface area contributed by atoms with Crippen LogP contribution in [0.5, 0.6) is 0 Å². The zero-order valence-corrected chi connectivity index (χ0v) is 20.3. The molecule has 0 radical (unpaired) electrons. The molecule has 3 aromatic rings. The molecule has 0 N–H and O–H groups in total. The quantitative estimate of drug-likeness (QED) is 0.353. The van der Waals surface area contributed by atoms with E-state index in [1.165, 1.54) is 23.5 Å². The van der Waals surface area contributed by atoms with E-state index < -0.39 is 27.5 Å². The molecule has 3 rings (SSSR count). The number of hydrogen-bond donors (Lipinski definition) is 0. The maximum absolute atomic E-state index is 13.0. The van der Waals surface area contributed by atoms with Gasteiger partial charge in [-0.3, -0.25) is 9.59 Å². The molecule has 1 amide bonds. The van der Waals surface area contributed by atoms with Crippen molar-refractivity contribution in [3.05, 3.63) is 58.1 Å². The number of ether oxygens (including phenoxy) is 1. The SMILES string of the molecule is CCOC(=O)Cn1c(=NC(=O)CCCS(=O)(=O)c2ccc(F)cc2)sc2cc(C)c(C)cc21. The third kappa shape index (κ3) is 6.14. The van der Waals surface area contributed by atoms with Gasteiger partial charge in [0, 0.05) is 6.42 Å². The summed E-state index contributed by atoms with van der Waals surface area (Å²) < 4.78 is 45.4. The summed E-state index contributed by atoms with van der Waals surface area (Å²) in [6, 6.07) is 8.50. The van der Waals surface area contributed by atoms with Crippen LogP contribution in [0.3, 0.4) is 0 Å². The molecule has 0 unspecified atom stereocenters. The van der Waals surface area contributed by atoms with E-state index in [0.717, 1.165) is 33.5 Å². The summed E-state index contributed by atoms with van der Waals surface area (Å²) in [6.07, 6.45) is -0.00480. The van der Waals surface area contributed by atoms with Crippen LogP contribution < -0.4 is 4.80 Å². The second-order valence-corrected chi connectivity index (χ2v) is 10.7. The van der Waals surface area contributed by atoms with Gasteiger partial charge in [-0.2, -0.15) is 4.99 Å². The van der Waals surface area contributed by atoms with Crippen molar-refractivity contribution in [2.45, 2.75) is 45.1 Å². The van der Waals surface area contributed by atoms with E-state index in [1.807, 2.05) is 26.0 Å². The highest BCUT2D eigenvalue weighted by Crippen LogP contribution is 2.22. The summed E-state index contributed by atoms with van der Waals surface area (Å²) in [6.45, 7) is 5.82. The van der Waals surface area contributed by atoms with Crippen molar-refractivity contribution in [3.8, 4) is 0 Å². The molecule has 1 heterocycles. The highest BCUT2D eigenvalue weighted by atomic mass is 32.2. The lowest BCUT2D eigenvalue weighted by molar-refractivity contribution is -0.143. The minimum absolute atomic E-state index is 0.0100. The van der Waals surface area contributed by atoms with Crippen molar-refractivity contribution in [3.63, 3.8) is 0 Å². The number of esters is 1. The van der Waals surface area contributed by atoms with Crippen LogP contribution in [-0.2, 0) is 30.7 Å². The van der Waals surface area contributed by atoms with Crippen molar-refractivity contribution in [2.75, 3.05) is 12.4 Å². The molecule has 0 atom stereocenters. The maximum Gasteiger partial charge on any atom is 0.326 e. The Morgan fingerprint density at radius 1 is 1.12 bits per heavy atom. The Morgan fingerprint density at radius 2 is 1.79 bits per heavy atom. The van der Waals surface area contributed by atoms with Gasteiger partial charge in [-0.05, 0) is 74.7 Å². The molecule has 2 aromatic carbocycles. The van der Waals surface area contributed by atoms with Gasteiger partial charge in [0.15, 0.2) is 14.6 Å². The smallest absolute Gasteiger partial charge is 0.326 e. The molecule has 0 fully saturated rings. The number of hydrogen-bond acceptors (Lipinski definition) is 6. The summed E-state index contributed by atoms with van der Waals surface area (Å²) in [7, 11) is -3.63. The van der Waals surface area contributed by atoms with Gasteiger partial charge in [0.05, 0.1) is 27.5 Å². The number of aryl methyl sites for hydroxylation is 2. The van der Waals surface area contributed by atoms with Crippen LogP contribution in [0.1, 0.15) is 30.9 Å². The average Bonchev–Trinajstić information content (AvgIpc) is 3.04. The first-order chi connectivity index (χ1) is 15.6. The molecule has 0 aliphatic rings. The number of rotatable bonds is 8. The molecule has 33 heavy (non-hydrogen) atoms. The van der Waals surface area contributed by atoms with Gasteiger partial charge in [0.1, 0.15) is 12.4 Å². The molecule has 10 heteroatoms. The molecular weight excluding hydrogens is 467 g/mol. The van der Waals surface area contributed by atoms with Crippen LogP contribution in [0.2, 0.25) is 0 Å². The monoisotopic (exact) mass is 492 g/mol. The summed E-state index contributed by atoms with van der Waals surface area (Å²) in [5.74, 6) is -1.70. The number of aromatic nitrogens is 1. The van der Waals surface area contributed by atoms with E-state index in [4.69, 9.17) is 4.74 Å². The minimum Gasteiger partial charge on any atom is -0.465 e. The Bertz CT molecular complexity index is 1360. The minimum atomic E-state index is -3.63. The first-order valence-corrected chi connectivity index (χ1v) is 12.9. The van der Waals surface area contributed by atoms with Gasteiger partial charge in [0.2, 0.25) is 5.91 Å². The summed E-state index contributed by atoms with van der Waals surface area (Å²) >= 11 is 1.29. The molecule has 0 aliphatic heterocycles. The van der Waals surface area contributed by atoms with Gasteiger partial charge >= 0.3 is 5.97 Å². The Balaban J connectivity index is 1.81. The fourth-order valence-corrected chi connectivity index (χ4v) is 5.67. The van der Waals surface area contributed by atoms with Gasteiger partial charge in [-0.25, -0.2) is 12.8 Å². The Labute approximate surface area is 195 Å². The van der Waals surface area contributed by atoms with Crippen LogP contribution >= 0.6 is 11.3 Å². The lowest BCUT2D eigenvalue weighted by Crippen LogP contribution is -2.23. The third-order valence-corrected chi connectivity index (χ3v) is 7.95. The third-order valence-electron chi connectivity index (χ3n) is 5.09. The topological polar surface area (TPSA) is 94.8 Å². The lowest BCUT2D eigenvalue weighted by Gasteiger charge is -2.06. The van der Waals surface area contributed by atoms with E-state index in [2.05, 4.69) is 4.99 Å². The van der Waals surface area contributed by atoms with Crippen LogP contribution in [0, 0.1) is 19.7 Å². The van der Waals surface area contributed by atoms with Crippen LogP contribution in [0.4, 0.5) is 4.39 Å². The predicted octanol–water partition coefficient (Wildman–Crippen LogP) is 3.70. The molecule has 0 spiro atoms. The Hall–Kier alpha value is -2.85. The number of carbonyl (C=O) groups is 2. The zero-order chi connectivity index (χ0) is 24.2. The lowest BCUT2D eigenvalue weighted by atomic mass is 10.1. The molecular formula is C23H25FN2O5S2. The summed E-state index contributed by atoms with van der Waals surface area (Å²) in [4.78, 5) is 29.2. The number of amides is 1. The maximum atomic E-state index is 13.0. The molecule has 176 valence electrons. The highest BCUT2D eigenvalue weighted by molar-refractivity contribution is 7.91. The molecule has 7 nitrogen and oxygen atoms in total. The number of nitrogens with zero attached hydrogens (tertiary/aromatic N) is 2. The second-order valence-electron chi connectivity index (χ2n) is 7.56. The van der Waals surface area contributed by atoms with Gasteiger partial charge in [-0.1, -0.05) is 11.3 Å².